The van der Waals surface area contributed by atoms with Crippen LogP contribution < -0.4 is 0 Å². The van der Waals surface area contributed by atoms with Crippen molar-refractivity contribution in [2.75, 3.05) is 0 Å². The molecule has 2 heterocycles. The van der Waals surface area contributed by atoms with Gasteiger partial charge in [-0.05, 0) is 96.4 Å². The summed E-state index contributed by atoms with van der Waals surface area (Å²) in [6.45, 7) is 0. The zero-order valence-corrected chi connectivity index (χ0v) is 30.4. The number of nitrogens with zero attached hydrogens (tertiary/aromatic N) is 2. The van der Waals surface area contributed by atoms with E-state index in [1.807, 2.05) is 0 Å². The van der Waals surface area contributed by atoms with Gasteiger partial charge in [-0.2, -0.15) is 10.0 Å². The lowest BCUT2D eigenvalue weighted by Gasteiger charge is -2.51. The van der Waals surface area contributed by atoms with Crippen LogP contribution in [0, 0.1) is 18.1 Å². The Morgan fingerprint density at radius 3 is 2.33 bits per heavy atom. The largest absolute Gasteiger partial charge is 0.337 e. The Kier molecular flexibility index (Phi) is 7.95. The van der Waals surface area contributed by atoms with E-state index in [0.717, 1.165) is 25.7 Å². The minimum atomic E-state index is -1.67. The number of fused-ring (bicyclic) bond motifs is 5. The molecule has 4 aliphatic carbocycles. The molecule has 1 aliphatic heterocycles. The molecule has 0 N–H and O–H groups in total. The van der Waals surface area contributed by atoms with Crippen LogP contribution >= 0.6 is 10.0 Å². The van der Waals surface area contributed by atoms with Crippen LogP contribution in [0.2, 0.25) is 0 Å². The van der Waals surface area contributed by atoms with Gasteiger partial charge >= 0.3 is 0 Å². The number of aromatic nitrogens is 1. The van der Waals surface area contributed by atoms with Crippen LogP contribution in [0.4, 0.5) is 0 Å². The number of hydrogen-bond acceptors (Lipinski definition) is 1. The summed E-state index contributed by atoms with van der Waals surface area (Å²) in [5, 5.41) is 3.20. The van der Waals surface area contributed by atoms with Crippen molar-refractivity contribution in [3.8, 4) is 0 Å². The van der Waals surface area contributed by atoms with Gasteiger partial charge in [-0.3, -0.25) is 0 Å². The van der Waals surface area contributed by atoms with Gasteiger partial charge in [-0.15, -0.1) is 0 Å². The first-order chi connectivity index (χ1) is 25.8. The Bertz CT molecular complexity index is 2270. The maximum atomic E-state index is 3.43. The molecule has 5 atom stereocenters. The van der Waals surface area contributed by atoms with Crippen molar-refractivity contribution in [3.05, 3.63) is 192 Å². The fraction of sp³-hybridized carbons (Fsp3) is 0.224. The van der Waals surface area contributed by atoms with Crippen molar-refractivity contribution in [1.29, 1.82) is 0 Å². The highest BCUT2D eigenvalue weighted by atomic mass is 32.3. The van der Waals surface area contributed by atoms with Gasteiger partial charge in [0.1, 0.15) is 0 Å². The third kappa shape index (κ3) is 4.96. The summed E-state index contributed by atoms with van der Waals surface area (Å²) < 4.78 is 2.70. The molecule has 3 heteroatoms. The van der Waals surface area contributed by atoms with E-state index in [1.54, 1.807) is 4.91 Å². The third-order valence-electron chi connectivity index (χ3n) is 12.2. The van der Waals surface area contributed by atoms with Gasteiger partial charge in [0.05, 0.1) is 6.04 Å². The highest BCUT2D eigenvalue weighted by Crippen LogP contribution is 2.74. The lowest BCUT2D eigenvalue weighted by molar-refractivity contribution is 0.364. The quantitative estimate of drug-likeness (QED) is 0.172. The molecule has 5 aromatic rings. The first-order valence-electron chi connectivity index (χ1n) is 19.2. The van der Waals surface area contributed by atoms with E-state index >= 15 is 0 Å². The molecule has 4 aromatic carbocycles. The molecule has 0 spiro atoms. The molecule has 10 rings (SSSR count). The average Bonchev–Trinajstić information content (AvgIpc) is 3.62. The minimum Gasteiger partial charge on any atom is -0.337 e. The zero-order chi connectivity index (χ0) is 34.5. The molecule has 0 radical (unpaired) electrons. The maximum Gasteiger partial charge on any atom is 0.0626 e. The van der Waals surface area contributed by atoms with Crippen molar-refractivity contribution < 1.29 is 0 Å². The predicted octanol–water partition coefficient (Wildman–Crippen LogP) is 12.6. The fourth-order valence-electron chi connectivity index (χ4n) is 10.1. The summed E-state index contributed by atoms with van der Waals surface area (Å²) in [5.74, 6) is 0.423. The van der Waals surface area contributed by atoms with Crippen LogP contribution in [0.25, 0.3) is 21.8 Å². The second kappa shape index (κ2) is 13.1. The van der Waals surface area contributed by atoms with Crippen LogP contribution in [-0.2, 0) is 0 Å². The molecule has 2 nitrogen and oxygen atoms in total. The van der Waals surface area contributed by atoms with Crippen LogP contribution in [0.1, 0.15) is 51.0 Å². The highest BCUT2D eigenvalue weighted by molar-refractivity contribution is 8.37. The second-order valence-electron chi connectivity index (χ2n) is 14.8. The second-order valence-corrected chi connectivity index (χ2v) is 18.3. The Labute approximate surface area is 309 Å². The van der Waals surface area contributed by atoms with Gasteiger partial charge < -0.3 is 9.47 Å². The first kappa shape index (κ1) is 31.6. The van der Waals surface area contributed by atoms with E-state index in [-0.39, 0.29) is 0 Å². The van der Waals surface area contributed by atoms with Gasteiger partial charge in [-0.1, -0.05) is 128 Å². The van der Waals surface area contributed by atoms with Crippen molar-refractivity contribution in [2.45, 2.75) is 72.1 Å². The van der Waals surface area contributed by atoms with E-state index in [4.69, 9.17) is 0 Å². The molecule has 5 aliphatic rings. The lowest BCUT2D eigenvalue weighted by atomic mass is 9.88. The van der Waals surface area contributed by atoms with Crippen LogP contribution in [0.5, 0.6) is 0 Å². The Morgan fingerprint density at radius 1 is 0.731 bits per heavy atom. The van der Waals surface area contributed by atoms with E-state index in [9.17, 15) is 0 Å². The molecule has 0 bridgehead atoms. The van der Waals surface area contributed by atoms with Crippen molar-refractivity contribution in [1.82, 2.24) is 9.47 Å². The molecule has 0 amide bonds. The maximum absolute atomic E-state index is 3.43. The number of hydrogen-bond donors (Lipinski definition) is 0. The summed E-state index contributed by atoms with van der Waals surface area (Å²) in [5.41, 5.74) is 7.07. The summed E-state index contributed by atoms with van der Waals surface area (Å²) in [6, 6.07) is 43.8. The molecule has 1 aromatic heterocycles. The Hall–Kier alpha value is -5.17. The van der Waals surface area contributed by atoms with Crippen LogP contribution in [-0.4, -0.2) is 20.8 Å². The molecular weight excluding hydrogens is 649 g/mol. The zero-order valence-electron chi connectivity index (χ0n) is 29.6. The van der Waals surface area contributed by atoms with Crippen molar-refractivity contribution in [2.24, 2.45) is 5.92 Å². The van der Waals surface area contributed by atoms with Crippen molar-refractivity contribution in [3.63, 3.8) is 0 Å². The minimum absolute atomic E-state index is 0.339. The van der Waals surface area contributed by atoms with Gasteiger partial charge in [-0.25, -0.2) is 0 Å². The SMILES string of the molecule is c1ccc(S(C2=CC=CC(N3C4=C(C=CCC4)C4C=CC=CC43)=CC2)(c2ccccc2)C2CCCC(n3c4ccccc4c4ccccc43)C2)cc#1. The Balaban J connectivity index is 1.10. The van der Waals surface area contributed by atoms with Crippen molar-refractivity contribution >= 4 is 31.8 Å². The number of benzene rings is 3. The molecule has 256 valence electrons. The summed E-state index contributed by atoms with van der Waals surface area (Å²) in [4.78, 5) is 7.08. The molecule has 1 saturated carbocycles. The molecule has 0 saturated heterocycles. The van der Waals surface area contributed by atoms with Gasteiger partial charge in [0.25, 0.3) is 0 Å². The average molecular weight is 693 g/mol. The smallest absolute Gasteiger partial charge is 0.0626 e. The van der Waals surface area contributed by atoms with Gasteiger partial charge in [0, 0.05) is 61.4 Å². The number of rotatable bonds is 6. The van der Waals surface area contributed by atoms with E-state index in [1.165, 1.54) is 67.8 Å². The highest BCUT2D eigenvalue weighted by Gasteiger charge is 2.44. The van der Waals surface area contributed by atoms with E-state index < -0.39 is 10.0 Å². The fourth-order valence-corrected chi connectivity index (χ4v) is 15.0. The number of allylic oxidation sites excluding steroid dienone is 10. The van der Waals surface area contributed by atoms with Gasteiger partial charge in [0.15, 0.2) is 0 Å². The third-order valence-corrected chi connectivity index (χ3v) is 16.8. The molecular formula is C49H44N2S. The Morgan fingerprint density at radius 2 is 1.52 bits per heavy atom. The standard InChI is InChI=1S/C49H44N2S/c1-3-19-38(20-4-1)52(39-21-5-2-6-22-39,41-24-16-18-37(35-41)51-48-31-13-9-27-44(48)45-28-10-14-32-49(45)51)40-23-15-17-36(33-34-40)50-46-29-11-7-25-42(46)43-26-8-12-30-47(43)50/h1,3-5,7-11,13-15,17,19-23,25-29,31-33,37,41-42,46H,12,16,18,24,30,34-35H2. The molecule has 1 fully saturated rings. The topological polar surface area (TPSA) is 8.17 Å². The van der Waals surface area contributed by atoms with Crippen LogP contribution in [0.3, 0.4) is 0 Å². The predicted molar refractivity (Wildman–Crippen MR) is 218 cm³/mol. The lowest BCUT2D eigenvalue weighted by Crippen LogP contribution is -2.32. The summed E-state index contributed by atoms with van der Waals surface area (Å²) in [6.07, 6.45) is 31.8. The van der Waals surface area contributed by atoms with E-state index in [0.29, 0.717) is 23.3 Å². The van der Waals surface area contributed by atoms with Crippen LogP contribution in [0.15, 0.2) is 189 Å². The first-order valence-corrected chi connectivity index (χ1v) is 20.9. The molecule has 5 unspecified atom stereocenters. The molecule has 52 heavy (non-hydrogen) atoms. The van der Waals surface area contributed by atoms with Gasteiger partial charge in [0.2, 0.25) is 0 Å². The summed E-state index contributed by atoms with van der Waals surface area (Å²) in [7, 11) is -1.67. The van der Waals surface area contributed by atoms with E-state index in [2.05, 4.69) is 179 Å². The normalized spacial score (nSPS) is 24.3. The summed E-state index contributed by atoms with van der Waals surface area (Å²) >= 11 is 0. The monoisotopic (exact) mass is 692 g/mol. The number of para-hydroxylation sites is 2.